The van der Waals surface area contributed by atoms with E-state index in [0.717, 1.165) is 28.1 Å². The lowest BCUT2D eigenvalue weighted by atomic mass is 10.1. The highest BCUT2D eigenvalue weighted by Gasteiger charge is 2.37. The van der Waals surface area contributed by atoms with Gasteiger partial charge in [0, 0.05) is 6.04 Å². The highest BCUT2D eigenvalue weighted by Crippen LogP contribution is 2.38. The van der Waals surface area contributed by atoms with Crippen molar-refractivity contribution in [1.82, 2.24) is 4.90 Å². The summed E-state index contributed by atoms with van der Waals surface area (Å²) in [7, 11) is 0. The Kier molecular flexibility index (Phi) is 6.79. The number of carbonyl (C=O) groups excluding carboxylic acids is 2. The number of ether oxygens (including phenoxy) is 1. The van der Waals surface area contributed by atoms with E-state index < -0.39 is 0 Å². The second kappa shape index (κ2) is 9.57. The molecule has 1 fully saturated rings. The molecule has 0 aliphatic carbocycles. The van der Waals surface area contributed by atoms with Crippen molar-refractivity contribution in [3.63, 3.8) is 0 Å². The molecule has 164 valence electrons. The molecule has 0 saturated carbocycles. The van der Waals surface area contributed by atoms with Crippen molar-refractivity contribution in [2.75, 3.05) is 0 Å². The number of hydrogen-bond donors (Lipinski definition) is 0. The lowest BCUT2D eigenvalue weighted by Gasteiger charge is -2.19. The van der Waals surface area contributed by atoms with Crippen molar-refractivity contribution < 1.29 is 14.3 Å². The van der Waals surface area contributed by atoms with Gasteiger partial charge in [-0.25, -0.2) is 0 Å². The molecular formula is C25H21Cl2NO3S. The van der Waals surface area contributed by atoms with E-state index in [9.17, 15) is 9.59 Å². The topological polar surface area (TPSA) is 46.6 Å². The predicted octanol–water partition coefficient (Wildman–Crippen LogP) is 7.56. The van der Waals surface area contributed by atoms with Gasteiger partial charge in [-0.05, 0) is 65.2 Å². The smallest absolute Gasteiger partial charge is 0.293 e. The molecule has 32 heavy (non-hydrogen) atoms. The summed E-state index contributed by atoms with van der Waals surface area (Å²) in [6.45, 7) is 4.11. The summed E-state index contributed by atoms with van der Waals surface area (Å²) in [5.74, 6) is 0.0870. The molecule has 4 nitrogen and oxygen atoms in total. The Morgan fingerprint density at radius 2 is 1.75 bits per heavy atom. The molecule has 1 aliphatic rings. The summed E-state index contributed by atoms with van der Waals surface area (Å²) in [5, 5.41) is 2.65. The van der Waals surface area contributed by atoms with Gasteiger partial charge in [-0.3, -0.25) is 14.5 Å². The van der Waals surface area contributed by atoms with Crippen LogP contribution in [-0.2, 0) is 11.4 Å². The first-order valence-electron chi connectivity index (χ1n) is 10.2. The van der Waals surface area contributed by atoms with E-state index in [0.29, 0.717) is 39.3 Å². The molecule has 0 aromatic heterocycles. The maximum atomic E-state index is 12.6. The molecule has 0 unspecified atom stereocenters. The van der Waals surface area contributed by atoms with Crippen LogP contribution in [0.1, 0.15) is 31.4 Å². The Labute approximate surface area is 201 Å². The van der Waals surface area contributed by atoms with E-state index in [-0.39, 0.29) is 17.2 Å². The summed E-state index contributed by atoms with van der Waals surface area (Å²) < 4.78 is 5.97. The molecule has 1 heterocycles. The fraction of sp³-hybridized carbons (Fsp3) is 0.200. The van der Waals surface area contributed by atoms with Crippen molar-refractivity contribution in [3.8, 4) is 5.75 Å². The largest absolute Gasteiger partial charge is 0.486 e. The van der Waals surface area contributed by atoms with Crippen LogP contribution in [0.2, 0.25) is 10.0 Å². The lowest BCUT2D eigenvalue weighted by molar-refractivity contribution is -0.124. The average Bonchev–Trinajstić information content (AvgIpc) is 3.05. The first-order valence-corrected chi connectivity index (χ1v) is 11.8. The zero-order chi connectivity index (χ0) is 22.8. The van der Waals surface area contributed by atoms with Crippen LogP contribution in [0.5, 0.6) is 5.75 Å². The maximum Gasteiger partial charge on any atom is 0.293 e. The molecule has 0 radical (unpaired) electrons. The van der Waals surface area contributed by atoms with Gasteiger partial charge in [-0.2, -0.15) is 0 Å². The van der Waals surface area contributed by atoms with Crippen LogP contribution < -0.4 is 4.74 Å². The normalized spacial score (nSPS) is 16.2. The number of fused-ring (bicyclic) bond motifs is 1. The van der Waals surface area contributed by atoms with E-state index in [4.69, 9.17) is 27.9 Å². The van der Waals surface area contributed by atoms with Gasteiger partial charge < -0.3 is 4.74 Å². The zero-order valence-corrected chi connectivity index (χ0v) is 19.9. The third-order valence-electron chi connectivity index (χ3n) is 5.43. The van der Waals surface area contributed by atoms with Gasteiger partial charge in [0.05, 0.1) is 15.0 Å². The van der Waals surface area contributed by atoms with Gasteiger partial charge in [0.2, 0.25) is 0 Å². The molecule has 4 rings (SSSR count). The van der Waals surface area contributed by atoms with Crippen LogP contribution in [0.25, 0.3) is 16.8 Å². The average molecular weight is 486 g/mol. The van der Waals surface area contributed by atoms with Gasteiger partial charge in [0.25, 0.3) is 11.1 Å². The summed E-state index contributed by atoms with van der Waals surface area (Å²) in [6.07, 6.45) is 2.34. The second-order valence-electron chi connectivity index (χ2n) is 7.55. The second-order valence-corrected chi connectivity index (χ2v) is 9.36. The standard InChI is InChI=1S/C25H21Cl2NO3S/c1-3-15(2)28-24(29)22(32-25(28)30)13-16-11-20(26)23(21(27)12-16)31-14-18-9-6-8-17-7-4-5-10-19(17)18/h4-13,15H,3,14H2,1-2H3/b22-13+/t15-/m1/s1. The van der Waals surface area contributed by atoms with Crippen LogP contribution in [0, 0.1) is 0 Å². The SMILES string of the molecule is CC[C@@H](C)N1C(=O)S/C(=C/c2cc(Cl)c(OCc3cccc4ccccc34)c(Cl)c2)C1=O. The van der Waals surface area contributed by atoms with Crippen molar-refractivity contribution in [2.24, 2.45) is 0 Å². The summed E-state index contributed by atoms with van der Waals surface area (Å²) in [4.78, 5) is 26.5. The predicted molar refractivity (Wildman–Crippen MR) is 132 cm³/mol. The maximum absolute atomic E-state index is 12.6. The van der Waals surface area contributed by atoms with Gasteiger partial charge in [-0.15, -0.1) is 0 Å². The van der Waals surface area contributed by atoms with Crippen molar-refractivity contribution in [1.29, 1.82) is 0 Å². The minimum Gasteiger partial charge on any atom is -0.486 e. The summed E-state index contributed by atoms with van der Waals surface area (Å²) >= 11 is 13.9. The van der Waals surface area contributed by atoms with Gasteiger partial charge in [0.15, 0.2) is 5.75 Å². The van der Waals surface area contributed by atoms with Gasteiger partial charge in [-0.1, -0.05) is 72.6 Å². The highest BCUT2D eigenvalue weighted by atomic mass is 35.5. The Hall–Kier alpha value is -2.47. The minimum atomic E-state index is -0.294. The Morgan fingerprint density at radius 3 is 2.47 bits per heavy atom. The molecule has 7 heteroatoms. The fourth-order valence-electron chi connectivity index (χ4n) is 3.56. The van der Waals surface area contributed by atoms with E-state index in [1.807, 2.05) is 44.2 Å². The lowest BCUT2D eigenvalue weighted by Crippen LogP contribution is -2.36. The number of carbonyl (C=O) groups is 2. The fourth-order valence-corrected chi connectivity index (χ4v) is 5.11. The molecule has 1 atom stereocenters. The molecule has 1 aliphatic heterocycles. The zero-order valence-electron chi connectivity index (χ0n) is 17.6. The van der Waals surface area contributed by atoms with Crippen molar-refractivity contribution >= 4 is 63.0 Å². The highest BCUT2D eigenvalue weighted by molar-refractivity contribution is 8.18. The molecule has 3 aromatic rings. The molecule has 3 aromatic carbocycles. The van der Waals surface area contributed by atoms with Crippen molar-refractivity contribution in [3.05, 3.63) is 80.7 Å². The Balaban J connectivity index is 1.56. The third-order valence-corrected chi connectivity index (χ3v) is 6.87. The Bertz CT molecular complexity index is 1210. The quantitative estimate of drug-likeness (QED) is 0.337. The Morgan fingerprint density at radius 1 is 1.06 bits per heavy atom. The summed E-state index contributed by atoms with van der Waals surface area (Å²) in [6, 6.07) is 17.4. The number of benzene rings is 3. The van der Waals surface area contributed by atoms with E-state index >= 15 is 0 Å². The molecule has 0 spiro atoms. The van der Waals surface area contributed by atoms with E-state index in [1.165, 1.54) is 4.90 Å². The number of thioether (sulfide) groups is 1. The molecular weight excluding hydrogens is 465 g/mol. The number of imide groups is 1. The number of hydrogen-bond acceptors (Lipinski definition) is 4. The number of rotatable bonds is 6. The summed E-state index contributed by atoms with van der Waals surface area (Å²) in [5.41, 5.74) is 1.66. The number of halogens is 2. The van der Waals surface area contributed by atoms with Gasteiger partial charge >= 0.3 is 0 Å². The molecule has 1 saturated heterocycles. The minimum absolute atomic E-state index is 0.148. The third kappa shape index (κ3) is 4.51. The monoisotopic (exact) mass is 485 g/mol. The van der Waals surface area contributed by atoms with Crippen LogP contribution in [0.15, 0.2) is 59.5 Å². The van der Waals surface area contributed by atoms with Crippen LogP contribution in [-0.4, -0.2) is 22.1 Å². The van der Waals surface area contributed by atoms with E-state index in [2.05, 4.69) is 12.1 Å². The molecule has 0 bridgehead atoms. The number of amides is 2. The number of nitrogens with zero attached hydrogens (tertiary/aromatic N) is 1. The first-order chi connectivity index (χ1) is 15.4. The van der Waals surface area contributed by atoms with Gasteiger partial charge in [0.1, 0.15) is 6.61 Å². The molecule has 0 N–H and O–H groups in total. The first kappa shape index (κ1) is 22.7. The van der Waals surface area contributed by atoms with Crippen LogP contribution in [0.3, 0.4) is 0 Å². The van der Waals surface area contributed by atoms with E-state index in [1.54, 1.807) is 18.2 Å². The molecule has 2 amide bonds. The van der Waals surface area contributed by atoms with Crippen LogP contribution in [0.4, 0.5) is 4.79 Å². The van der Waals surface area contributed by atoms with Crippen LogP contribution >= 0.6 is 35.0 Å². The van der Waals surface area contributed by atoms with Crippen molar-refractivity contribution in [2.45, 2.75) is 32.9 Å².